The van der Waals surface area contributed by atoms with E-state index in [1.54, 1.807) is 12.1 Å². The average Bonchev–Trinajstić information content (AvgIpc) is 2.15. The van der Waals surface area contributed by atoms with Crippen LogP contribution in [-0.2, 0) is 6.42 Å². The van der Waals surface area contributed by atoms with Gasteiger partial charge in [0.15, 0.2) is 0 Å². The maximum absolute atomic E-state index is 10.7. The summed E-state index contributed by atoms with van der Waals surface area (Å²) in [7, 11) is 0. The van der Waals surface area contributed by atoms with E-state index in [1.807, 2.05) is 13.0 Å². The minimum Gasteiger partial charge on any atom is -0.258 e. The summed E-state index contributed by atoms with van der Waals surface area (Å²) in [6, 6.07) is 5.29. The molecule has 0 N–H and O–H groups in total. The summed E-state index contributed by atoms with van der Waals surface area (Å²) in [5.74, 6) is 0.533. The average molecular weight is 214 g/mol. The highest BCUT2D eigenvalue weighted by Gasteiger charge is 2.12. The zero-order valence-electron chi connectivity index (χ0n) is 8.00. The first kappa shape index (κ1) is 11.0. The third-order valence-corrected chi connectivity index (χ3v) is 2.28. The predicted molar refractivity (Wildman–Crippen MR) is 56.9 cm³/mol. The molecule has 0 bridgehead atoms. The van der Waals surface area contributed by atoms with E-state index < -0.39 is 0 Å². The molecule has 3 nitrogen and oxygen atoms in total. The Morgan fingerprint density at radius 2 is 2.21 bits per heavy atom. The van der Waals surface area contributed by atoms with E-state index in [-0.39, 0.29) is 10.6 Å². The van der Waals surface area contributed by atoms with Gasteiger partial charge in [0, 0.05) is 17.5 Å². The summed E-state index contributed by atoms with van der Waals surface area (Å²) in [5.41, 5.74) is 1.88. The number of nitrogens with zero attached hydrogens (tertiary/aromatic N) is 1. The summed E-state index contributed by atoms with van der Waals surface area (Å²) in [6.45, 7) is 1.85. The molecule has 0 aliphatic heterocycles. The number of halogens is 1. The van der Waals surface area contributed by atoms with Gasteiger partial charge in [0.1, 0.15) is 0 Å². The molecule has 0 spiro atoms. The lowest BCUT2D eigenvalue weighted by Crippen LogP contribution is -1.96. The molecule has 1 rings (SSSR count). The molecule has 0 aliphatic carbocycles. The van der Waals surface area contributed by atoms with Gasteiger partial charge in [0.2, 0.25) is 0 Å². The van der Waals surface area contributed by atoms with Gasteiger partial charge in [-0.25, -0.2) is 0 Å². The first-order valence-corrected chi connectivity index (χ1v) is 4.98. The molecule has 76 valence electrons. The molecule has 4 heteroatoms. The molecule has 0 radical (unpaired) electrons. The Hall–Kier alpha value is -1.09. The lowest BCUT2D eigenvalue weighted by molar-refractivity contribution is -0.385. The van der Waals surface area contributed by atoms with Crippen molar-refractivity contribution in [3.63, 3.8) is 0 Å². The number of benzene rings is 1. The zero-order chi connectivity index (χ0) is 10.6. The van der Waals surface area contributed by atoms with Crippen LogP contribution in [0, 0.1) is 17.0 Å². The standard InChI is InChI=1S/C10H12ClNO2/c1-8-4-5-9(3-2-6-11)10(7-8)12(13)14/h4-5,7H,2-3,6H2,1H3. The quantitative estimate of drug-likeness (QED) is 0.438. The van der Waals surface area contributed by atoms with Crippen LogP contribution in [0.25, 0.3) is 0 Å². The summed E-state index contributed by atoms with van der Waals surface area (Å²) >= 11 is 5.54. The van der Waals surface area contributed by atoms with E-state index in [4.69, 9.17) is 11.6 Å². The summed E-state index contributed by atoms with van der Waals surface area (Å²) < 4.78 is 0. The van der Waals surface area contributed by atoms with Crippen LogP contribution in [0.15, 0.2) is 18.2 Å². The van der Waals surface area contributed by atoms with Crippen molar-refractivity contribution in [2.75, 3.05) is 5.88 Å². The van der Waals surface area contributed by atoms with Crippen molar-refractivity contribution in [1.29, 1.82) is 0 Å². The van der Waals surface area contributed by atoms with Crippen molar-refractivity contribution in [1.82, 2.24) is 0 Å². The van der Waals surface area contributed by atoms with Gasteiger partial charge in [-0.15, -0.1) is 11.6 Å². The van der Waals surface area contributed by atoms with E-state index in [0.717, 1.165) is 17.5 Å². The Morgan fingerprint density at radius 3 is 2.79 bits per heavy atom. The van der Waals surface area contributed by atoms with E-state index in [1.165, 1.54) is 0 Å². The number of rotatable bonds is 4. The molecule has 0 atom stereocenters. The fourth-order valence-electron chi connectivity index (χ4n) is 1.31. The summed E-state index contributed by atoms with van der Waals surface area (Å²) in [6.07, 6.45) is 1.44. The van der Waals surface area contributed by atoms with Crippen molar-refractivity contribution in [2.45, 2.75) is 19.8 Å². The number of alkyl halides is 1. The lowest BCUT2D eigenvalue weighted by Gasteiger charge is -2.02. The third-order valence-electron chi connectivity index (χ3n) is 2.02. The normalized spacial score (nSPS) is 10.1. The fourth-order valence-corrected chi connectivity index (χ4v) is 1.45. The van der Waals surface area contributed by atoms with Crippen LogP contribution in [0.5, 0.6) is 0 Å². The summed E-state index contributed by atoms with van der Waals surface area (Å²) in [5, 5.41) is 10.7. The van der Waals surface area contributed by atoms with Gasteiger partial charge in [-0.05, 0) is 25.3 Å². The second kappa shape index (κ2) is 4.96. The molecule has 14 heavy (non-hydrogen) atoms. The second-order valence-electron chi connectivity index (χ2n) is 3.18. The number of aryl methyl sites for hydroxylation is 2. The SMILES string of the molecule is Cc1ccc(CCCCl)c([N+](=O)[O-])c1. The Bertz CT molecular complexity index is 339. The zero-order valence-corrected chi connectivity index (χ0v) is 8.75. The molecule has 0 aromatic heterocycles. The van der Waals surface area contributed by atoms with Crippen LogP contribution in [-0.4, -0.2) is 10.8 Å². The van der Waals surface area contributed by atoms with Gasteiger partial charge in [-0.3, -0.25) is 10.1 Å². The Balaban J connectivity index is 2.96. The molecule has 1 aromatic rings. The highest BCUT2D eigenvalue weighted by Crippen LogP contribution is 2.21. The van der Waals surface area contributed by atoms with E-state index in [9.17, 15) is 10.1 Å². The van der Waals surface area contributed by atoms with Crippen LogP contribution in [0.4, 0.5) is 5.69 Å². The van der Waals surface area contributed by atoms with Crippen molar-refractivity contribution in [3.05, 3.63) is 39.4 Å². The number of hydrogen-bond donors (Lipinski definition) is 0. The fraction of sp³-hybridized carbons (Fsp3) is 0.400. The molecule has 0 aliphatic rings. The van der Waals surface area contributed by atoms with Gasteiger partial charge in [-0.1, -0.05) is 12.1 Å². The van der Waals surface area contributed by atoms with Gasteiger partial charge in [-0.2, -0.15) is 0 Å². The van der Waals surface area contributed by atoms with Crippen molar-refractivity contribution >= 4 is 17.3 Å². The molecular formula is C10H12ClNO2. The van der Waals surface area contributed by atoms with Crippen molar-refractivity contribution in [3.8, 4) is 0 Å². The number of nitro groups is 1. The molecule has 0 saturated heterocycles. The smallest absolute Gasteiger partial charge is 0.258 e. The minimum absolute atomic E-state index is 0.204. The van der Waals surface area contributed by atoms with E-state index in [0.29, 0.717) is 12.3 Å². The van der Waals surface area contributed by atoms with Gasteiger partial charge in [0.05, 0.1) is 4.92 Å². The van der Waals surface area contributed by atoms with Crippen LogP contribution in [0.2, 0.25) is 0 Å². The Morgan fingerprint density at radius 1 is 1.50 bits per heavy atom. The molecule has 1 aromatic carbocycles. The van der Waals surface area contributed by atoms with E-state index >= 15 is 0 Å². The van der Waals surface area contributed by atoms with E-state index in [2.05, 4.69) is 0 Å². The molecular weight excluding hydrogens is 202 g/mol. The lowest BCUT2D eigenvalue weighted by atomic mass is 10.1. The van der Waals surface area contributed by atoms with Crippen LogP contribution in [0.1, 0.15) is 17.5 Å². The Labute approximate surface area is 87.8 Å². The van der Waals surface area contributed by atoms with Crippen LogP contribution in [0.3, 0.4) is 0 Å². The highest BCUT2D eigenvalue weighted by molar-refractivity contribution is 6.17. The van der Waals surface area contributed by atoms with Crippen molar-refractivity contribution < 1.29 is 4.92 Å². The molecule has 0 fully saturated rings. The van der Waals surface area contributed by atoms with Crippen molar-refractivity contribution in [2.24, 2.45) is 0 Å². The number of hydrogen-bond acceptors (Lipinski definition) is 2. The maximum Gasteiger partial charge on any atom is 0.272 e. The van der Waals surface area contributed by atoms with Gasteiger partial charge >= 0.3 is 0 Å². The first-order valence-electron chi connectivity index (χ1n) is 4.45. The Kier molecular flexibility index (Phi) is 3.89. The summed E-state index contributed by atoms with van der Waals surface area (Å²) in [4.78, 5) is 10.4. The highest BCUT2D eigenvalue weighted by atomic mass is 35.5. The number of nitro benzene ring substituents is 1. The third kappa shape index (κ3) is 2.70. The van der Waals surface area contributed by atoms with Gasteiger partial charge < -0.3 is 0 Å². The van der Waals surface area contributed by atoms with Crippen LogP contribution < -0.4 is 0 Å². The monoisotopic (exact) mass is 213 g/mol. The molecule has 0 heterocycles. The minimum atomic E-state index is -0.337. The first-order chi connectivity index (χ1) is 6.65. The topological polar surface area (TPSA) is 43.1 Å². The van der Waals surface area contributed by atoms with Crippen LogP contribution >= 0.6 is 11.6 Å². The molecule has 0 amide bonds. The molecule has 0 saturated carbocycles. The predicted octanol–water partition coefficient (Wildman–Crippen LogP) is 3.07. The maximum atomic E-state index is 10.7. The second-order valence-corrected chi connectivity index (χ2v) is 3.56. The van der Waals surface area contributed by atoms with Gasteiger partial charge in [0.25, 0.3) is 5.69 Å². The molecule has 0 unspecified atom stereocenters. The largest absolute Gasteiger partial charge is 0.272 e.